The van der Waals surface area contributed by atoms with Gasteiger partial charge in [-0.1, -0.05) is 19.1 Å². The second-order valence-electron chi connectivity index (χ2n) is 12.8. The third-order valence-corrected chi connectivity index (χ3v) is 9.98. The summed E-state index contributed by atoms with van der Waals surface area (Å²) in [7, 11) is 6.29. The maximum absolute atomic E-state index is 12.9. The maximum atomic E-state index is 12.9. The number of amides is 2. The number of nitrogens with zero attached hydrogens (tertiary/aromatic N) is 4. The van der Waals surface area contributed by atoms with Gasteiger partial charge in [-0.05, 0) is 84.2 Å². The van der Waals surface area contributed by atoms with E-state index in [9.17, 15) is 9.59 Å². The minimum Gasteiger partial charge on any atom is -0.404 e. The predicted molar refractivity (Wildman–Crippen MR) is 186 cm³/mol. The second-order valence-corrected chi connectivity index (χ2v) is 12.8. The van der Waals surface area contributed by atoms with Crippen molar-refractivity contribution < 1.29 is 14.1 Å². The quantitative estimate of drug-likeness (QED) is 0.187. The molecule has 2 amide bonds. The Hall–Kier alpha value is -3.56. The first-order valence-corrected chi connectivity index (χ1v) is 16.5. The molecule has 0 saturated carbocycles. The van der Waals surface area contributed by atoms with Crippen molar-refractivity contribution in [3.63, 3.8) is 0 Å². The highest BCUT2D eigenvalue weighted by molar-refractivity contribution is 6.04. The van der Waals surface area contributed by atoms with Crippen LogP contribution in [0.15, 0.2) is 64.5 Å². The van der Waals surface area contributed by atoms with Gasteiger partial charge in [-0.3, -0.25) is 19.6 Å². The van der Waals surface area contributed by atoms with E-state index in [0.717, 1.165) is 47.1 Å². The highest BCUT2D eigenvalue weighted by atomic mass is 16.2. The van der Waals surface area contributed by atoms with Crippen molar-refractivity contribution in [2.75, 3.05) is 39.5 Å². The minimum atomic E-state index is -0.214. The lowest BCUT2D eigenvalue weighted by Crippen LogP contribution is -2.56. The molecule has 2 saturated heterocycles. The van der Waals surface area contributed by atoms with E-state index in [2.05, 4.69) is 71.7 Å². The molecule has 0 aromatic carbocycles. The molecule has 0 radical (unpaired) electrons. The molecule has 3 unspecified atom stereocenters. The van der Waals surface area contributed by atoms with Crippen molar-refractivity contribution in [3.05, 3.63) is 70.7 Å². The summed E-state index contributed by atoms with van der Waals surface area (Å²) in [5, 5.41) is 5.67. The van der Waals surface area contributed by atoms with Gasteiger partial charge in [0.1, 0.15) is 12.1 Å². The van der Waals surface area contributed by atoms with Crippen LogP contribution in [0, 0.1) is 6.92 Å². The number of carbonyl (C=O) groups excluding carboxylic acids is 2. The summed E-state index contributed by atoms with van der Waals surface area (Å²) < 4.78 is 0.820. The number of pyridine rings is 1. The topological polar surface area (TPSA) is 113 Å². The number of carbonyl (C=O) groups is 2. The lowest BCUT2D eigenvalue weighted by molar-refractivity contribution is -0.942. The van der Waals surface area contributed by atoms with Crippen LogP contribution in [-0.2, 0) is 4.79 Å². The Morgan fingerprint density at radius 2 is 1.87 bits per heavy atom. The van der Waals surface area contributed by atoms with Gasteiger partial charge in [-0.15, -0.1) is 0 Å². The molecule has 4 heterocycles. The molecule has 1 aromatic heterocycles. The van der Waals surface area contributed by atoms with Gasteiger partial charge in [0.15, 0.2) is 0 Å². The number of fused-ring (bicyclic) bond motifs is 2. The first-order chi connectivity index (χ1) is 21.5. The van der Waals surface area contributed by atoms with E-state index < -0.39 is 0 Å². The van der Waals surface area contributed by atoms with Gasteiger partial charge in [-0.2, -0.15) is 0 Å². The van der Waals surface area contributed by atoms with E-state index >= 15 is 0 Å². The maximum Gasteiger partial charge on any atom is 0.252 e. The lowest BCUT2D eigenvalue weighted by Gasteiger charge is -2.43. The monoisotopic (exact) mass is 618 g/mol. The first-order valence-electron chi connectivity index (χ1n) is 16.5. The van der Waals surface area contributed by atoms with Crippen molar-refractivity contribution >= 4 is 23.7 Å². The average molecular weight is 619 g/mol. The Kier molecular flexibility index (Phi) is 13.3. The summed E-state index contributed by atoms with van der Waals surface area (Å²) in [6, 6.07) is 4.18. The Labute approximate surface area is 271 Å². The summed E-state index contributed by atoms with van der Waals surface area (Å²) in [6.07, 6.45) is 21.2. The second kappa shape index (κ2) is 16.7. The number of rotatable bonds is 10. The average Bonchev–Trinajstić information content (AvgIpc) is 3.52. The van der Waals surface area contributed by atoms with Gasteiger partial charge >= 0.3 is 0 Å². The van der Waals surface area contributed by atoms with E-state index in [1.807, 2.05) is 19.9 Å². The molecule has 4 N–H and O–H groups in total. The highest BCUT2D eigenvalue weighted by Gasteiger charge is 2.36. The Bertz CT molecular complexity index is 1320. The number of aromatic nitrogens is 1. The molecule has 0 spiro atoms. The highest BCUT2D eigenvalue weighted by Crippen LogP contribution is 2.35. The van der Waals surface area contributed by atoms with Gasteiger partial charge in [0.05, 0.1) is 30.5 Å². The van der Waals surface area contributed by atoms with Crippen LogP contribution in [0.2, 0.25) is 0 Å². The van der Waals surface area contributed by atoms with Crippen molar-refractivity contribution in [2.24, 2.45) is 10.7 Å². The van der Waals surface area contributed by atoms with E-state index in [-0.39, 0.29) is 17.9 Å². The van der Waals surface area contributed by atoms with Crippen molar-refractivity contribution in [1.82, 2.24) is 15.2 Å². The standard InChI is InChI=1S/C29H42N6O2.C7H13N/c1-8-26-13-12-23(25(17-30)18-31-6)15-21(4)35(26,7)14-10-11-20(3)28(36)34-27-16-24(19-33-22(27)5)29(37)32-9-2;1-8-6-2-3-7(8)5-4-6/h11-13,15-19,21,26H,8-10,14H2,1-7H3,(H3-,30,31,32,34,36,37);6-7H,2-5H2,1H3/p+1. The predicted octanol–water partition coefficient (Wildman–Crippen LogP) is 5.31. The van der Waals surface area contributed by atoms with Crippen LogP contribution in [0.5, 0.6) is 0 Å². The number of likely N-dealkylation sites (N-methyl/N-ethyl adjacent to an activating group) is 1. The molecule has 45 heavy (non-hydrogen) atoms. The summed E-state index contributed by atoms with van der Waals surface area (Å²) in [5.41, 5.74) is 10.1. The number of hydrogen-bond donors (Lipinski definition) is 3. The van der Waals surface area contributed by atoms with Gasteiger partial charge in [0.2, 0.25) is 0 Å². The van der Waals surface area contributed by atoms with Gasteiger partial charge in [0, 0.05) is 68.3 Å². The van der Waals surface area contributed by atoms with Crippen LogP contribution < -0.4 is 16.4 Å². The molecular weight excluding hydrogens is 562 g/mol. The normalized spacial score (nSPS) is 26.7. The van der Waals surface area contributed by atoms with E-state index in [0.29, 0.717) is 35.1 Å². The summed E-state index contributed by atoms with van der Waals surface area (Å²) in [6.45, 7) is 11.3. The van der Waals surface area contributed by atoms with Crippen LogP contribution in [0.1, 0.15) is 82.3 Å². The van der Waals surface area contributed by atoms with Crippen LogP contribution >= 0.6 is 0 Å². The zero-order chi connectivity index (χ0) is 33.1. The van der Waals surface area contributed by atoms with Crippen LogP contribution in [0.25, 0.3) is 0 Å². The van der Waals surface area contributed by atoms with Crippen LogP contribution in [0.3, 0.4) is 0 Å². The van der Waals surface area contributed by atoms with Crippen molar-refractivity contribution in [3.8, 4) is 0 Å². The number of allylic oxidation sites excluding steroid dienone is 3. The van der Waals surface area contributed by atoms with E-state index in [1.54, 1.807) is 32.5 Å². The van der Waals surface area contributed by atoms with E-state index in [4.69, 9.17) is 5.73 Å². The molecule has 9 heteroatoms. The molecule has 3 atom stereocenters. The number of aliphatic imine (C=N–C) groups is 1. The van der Waals surface area contributed by atoms with Gasteiger partial charge < -0.3 is 25.8 Å². The molecule has 4 rings (SSSR count). The molecule has 3 aliphatic rings. The molecule has 2 fully saturated rings. The Balaban J connectivity index is 0.000000587. The minimum absolute atomic E-state index is 0.199. The Morgan fingerprint density at radius 3 is 2.40 bits per heavy atom. The fourth-order valence-corrected chi connectivity index (χ4v) is 6.76. The smallest absolute Gasteiger partial charge is 0.252 e. The molecule has 2 bridgehead atoms. The third kappa shape index (κ3) is 9.01. The number of quaternary nitrogens is 1. The molecule has 3 aliphatic heterocycles. The molecular formula is C36H56N7O2+. The molecule has 0 aliphatic carbocycles. The number of aryl methyl sites for hydroxylation is 1. The number of nitrogens with two attached hydrogens (primary N) is 1. The first kappa shape index (κ1) is 35.9. The van der Waals surface area contributed by atoms with Crippen molar-refractivity contribution in [1.29, 1.82) is 0 Å². The SMILES string of the molecule is CCNC(=O)c1cnc(C)c(NC(=O)C(C)=CCC[N+]2(C)C(C)C=C(/C(C=NC)=C/N)C=CC2CC)c1.CN1C2CCC1CC2. The number of nitrogens with one attached hydrogen (secondary N) is 2. The zero-order valence-electron chi connectivity index (χ0n) is 28.8. The molecule has 1 aromatic rings. The van der Waals surface area contributed by atoms with Gasteiger partial charge in [0.25, 0.3) is 11.8 Å². The fraction of sp³-hybridized carbons (Fsp3) is 0.556. The number of anilines is 1. The van der Waals surface area contributed by atoms with Crippen LogP contribution in [0.4, 0.5) is 5.69 Å². The lowest BCUT2D eigenvalue weighted by atomic mass is 10.0. The third-order valence-electron chi connectivity index (χ3n) is 9.98. The summed E-state index contributed by atoms with van der Waals surface area (Å²) in [4.78, 5) is 36.0. The summed E-state index contributed by atoms with van der Waals surface area (Å²) in [5.74, 6) is -0.413. The largest absolute Gasteiger partial charge is 0.404 e. The van der Waals surface area contributed by atoms with Crippen LogP contribution in [-0.4, -0.2) is 90.8 Å². The van der Waals surface area contributed by atoms with Crippen molar-refractivity contribution in [2.45, 2.75) is 97.3 Å². The molecule has 246 valence electrons. The Morgan fingerprint density at radius 1 is 1.20 bits per heavy atom. The van der Waals surface area contributed by atoms with E-state index in [1.165, 1.54) is 31.9 Å². The van der Waals surface area contributed by atoms with Gasteiger partial charge in [-0.25, -0.2) is 0 Å². The fourth-order valence-electron chi connectivity index (χ4n) is 6.76. The molecule has 9 nitrogen and oxygen atoms in total. The zero-order valence-corrected chi connectivity index (χ0v) is 28.8. The number of hydrogen-bond acceptors (Lipinski definition) is 6. The summed E-state index contributed by atoms with van der Waals surface area (Å²) >= 11 is 0.